The molecule has 3 nitrogen and oxygen atoms in total. The molecule has 1 fully saturated rings. The van der Waals surface area contributed by atoms with Gasteiger partial charge in [0.1, 0.15) is 0 Å². The van der Waals surface area contributed by atoms with Gasteiger partial charge in [-0.05, 0) is 49.2 Å². The minimum atomic E-state index is -4.93. The maximum atomic E-state index is 13.2. The van der Waals surface area contributed by atoms with Gasteiger partial charge in [0.05, 0.1) is 11.1 Å². The molecule has 2 aromatic rings. The highest BCUT2D eigenvalue weighted by molar-refractivity contribution is 5.80. The lowest BCUT2D eigenvalue weighted by Gasteiger charge is -2.34. The van der Waals surface area contributed by atoms with Crippen LogP contribution >= 0.6 is 0 Å². The van der Waals surface area contributed by atoms with E-state index in [0.29, 0.717) is 31.6 Å². The van der Waals surface area contributed by atoms with Crippen molar-refractivity contribution in [1.82, 2.24) is 10.2 Å². The molecule has 1 saturated heterocycles. The molecule has 0 aromatic heterocycles. The molecule has 32 heavy (non-hydrogen) atoms. The Morgan fingerprint density at radius 2 is 1.66 bits per heavy atom. The summed E-state index contributed by atoms with van der Waals surface area (Å²) in [5, 5.41) is 3.25. The fourth-order valence-electron chi connectivity index (χ4n) is 4.15. The van der Waals surface area contributed by atoms with Crippen LogP contribution in [0, 0.1) is 12.8 Å². The fourth-order valence-corrected chi connectivity index (χ4v) is 4.15. The van der Waals surface area contributed by atoms with E-state index >= 15 is 0 Å². The van der Waals surface area contributed by atoms with Crippen LogP contribution in [-0.2, 0) is 23.7 Å². The van der Waals surface area contributed by atoms with Crippen LogP contribution in [0.1, 0.15) is 40.2 Å². The molecule has 2 aromatic carbocycles. The lowest BCUT2D eigenvalue weighted by atomic mass is 9.80. The highest BCUT2D eigenvalue weighted by atomic mass is 19.4. The largest absolute Gasteiger partial charge is 0.416 e. The molecule has 0 saturated carbocycles. The topological polar surface area (TPSA) is 32.3 Å². The molecule has 174 valence electrons. The number of alkyl halides is 6. The summed E-state index contributed by atoms with van der Waals surface area (Å²) in [6, 6.07) is 9.17. The van der Waals surface area contributed by atoms with Crippen molar-refractivity contribution < 1.29 is 31.1 Å². The summed E-state index contributed by atoms with van der Waals surface area (Å²) >= 11 is 0. The number of aryl methyl sites for hydroxylation is 1. The van der Waals surface area contributed by atoms with Gasteiger partial charge in [-0.2, -0.15) is 26.3 Å². The fraction of sp³-hybridized carbons (Fsp3) is 0.435. The van der Waals surface area contributed by atoms with Crippen LogP contribution in [0.3, 0.4) is 0 Å². The second-order valence-corrected chi connectivity index (χ2v) is 8.23. The number of amides is 1. The number of benzene rings is 2. The van der Waals surface area contributed by atoms with Gasteiger partial charge >= 0.3 is 12.4 Å². The molecular formula is C23H24F6N2O. The van der Waals surface area contributed by atoms with Crippen molar-refractivity contribution >= 4 is 5.91 Å². The summed E-state index contributed by atoms with van der Waals surface area (Å²) in [7, 11) is 1.41. The molecule has 1 amide bonds. The third-order valence-corrected chi connectivity index (χ3v) is 5.71. The third kappa shape index (κ3) is 5.62. The molecule has 0 bridgehead atoms. The first kappa shape index (κ1) is 24.1. The zero-order valence-corrected chi connectivity index (χ0v) is 17.6. The summed E-state index contributed by atoms with van der Waals surface area (Å²) < 4.78 is 78.8. The van der Waals surface area contributed by atoms with E-state index in [4.69, 9.17) is 0 Å². The lowest BCUT2D eigenvalue weighted by molar-refractivity contribution is -0.143. The monoisotopic (exact) mass is 458 g/mol. The normalized spacial score (nSPS) is 19.6. The van der Waals surface area contributed by atoms with E-state index in [2.05, 4.69) is 5.32 Å². The zero-order chi connectivity index (χ0) is 23.7. The van der Waals surface area contributed by atoms with Gasteiger partial charge in [-0.1, -0.05) is 29.8 Å². The average Bonchev–Trinajstić information content (AvgIpc) is 2.71. The molecule has 0 aliphatic carbocycles. The SMILES string of the molecule is Cc1cccc([C@@H]2CNCC[C@@H]2C(=O)N(C)Cc2cc(C(F)(F)F)cc(C(F)(F)F)c2)c1. The Balaban J connectivity index is 1.85. The minimum Gasteiger partial charge on any atom is -0.341 e. The summed E-state index contributed by atoms with van der Waals surface area (Å²) in [5.74, 6) is -0.856. The molecule has 0 radical (unpaired) electrons. The number of rotatable bonds is 4. The van der Waals surface area contributed by atoms with Gasteiger partial charge in [0.2, 0.25) is 5.91 Å². The molecular weight excluding hydrogens is 434 g/mol. The van der Waals surface area contributed by atoms with Crippen molar-refractivity contribution in [2.75, 3.05) is 20.1 Å². The lowest BCUT2D eigenvalue weighted by Crippen LogP contribution is -2.43. The Labute approximate surface area is 182 Å². The van der Waals surface area contributed by atoms with E-state index in [1.54, 1.807) is 0 Å². The second kappa shape index (κ2) is 9.13. The summed E-state index contributed by atoms with van der Waals surface area (Å²) in [6.07, 6.45) is -9.33. The van der Waals surface area contributed by atoms with Gasteiger partial charge in [0, 0.05) is 32.0 Å². The van der Waals surface area contributed by atoms with Crippen molar-refractivity contribution in [2.24, 2.45) is 5.92 Å². The second-order valence-electron chi connectivity index (χ2n) is 8.23. The average molecular weight is 458 g/mol. The molecule has 0 spiro atoms. The van der Waals surface area contributed by atoms with Gasteiger partial charge < -0.3 is 10.2 Å². The quantitative estimate of drug-likeness (QED) is 0.624. The summed E-state index contributed by atoms with van der Waals surface area (Å²) in [5.41, 5.74) is -0.979. The Morgan fingerprint density at radius 3 is 2.22 bits per heavy atom. The number of hydrogen-bond acceptors (Lipinski definition) is 2. The Bertz CT molecular complexity index is 937. The summed E-state index contributed by atoms with van der Waals surface area (Å²) in [6.45, 7) is 2.76. The standard InChI is InChI=1S/C23H24F6N2O/c1-14-4-3-5-16(8-14)20-12-30-7-6-19(20)21(32)31(2)13-15-9-17(22(24,25)26)11-18(10-15)23(27,28)29/h3-5,8-11,19-20,30H,6-7,12-13H2,1-2H3/t19-,20-/m0/s1. The van der Waals surface area contributed by atoms with Crippen LogP contribution in [0.4, 0.5) is 26.3 Å². The van der Waals surface area contributed by atoms with Crippen LogP contribution in [-0.4, -0.2) is 30.9 Å². The first-order valence-electron chi connectivity index (χ1n) is 10.2. The van der Waals surface area contributed by atoms with Crippen molar-refractivity contribution in [3.8, 4) is 0 Å². The van der Waals surface area contributed by atoms with Crippen molar-refractivity contribution in [2.45, 2.75) is 38.2 Å². The molecule has 1 aliphatic rings. The predicted molar refractivity (Wildman–Crippen MR) is 108 cm³/mol. The van der Waals surface area contributed by atoms with Gasteiger partial charge in [0.15, 0.2) is 0 Å². The van der Waals surface area contributed by atoms with Gasteiger partial charge in [0.25, 0.3) is 0 Å². The number of piperidine rings is 1. The van der Waals surface area contributed by atoms with E-state index in [-0.39, 0.29) is 30.0 Å². The van der Waals surface area contributed by atoms with Crippen LogP contribution in [0.25, 0.3) is 0 Å². The maximum Gasteiger partial charge on any atom is 0.416 e. The molecule has 1 aliphatic heterocycles. The van der Waals surface area contributed by atoms with Gasteiger partial charge in [-0.25, -0.2) is 0 Å². The maximum absolute atomic E-state index is 13.2. The first-order valence-corrected chi connectivity index (χ1v) is 10.2. The molecule has 0 unspecified atom stereocenters. The van der Waals surface area contributed by atoms with Crippen molar-refractivity contribution in [3.05, 3.63) is 70.3 Å². The van der Waals surface area contributed by atoms with Gasteiger partial charge in [-0.15, -0.1) is 0 Å². The zero-order valence-electron chi connectivity index (χ0n) is 17.6. The number of carbonyl (C=O) groups excluding carboxylic acids is 1. The first-order chi connectivity index (χ1) is 14.9. The Morgan fingerprint density at radius 1 is 1.03 bits per heavy atom. The van der Waals surface area contributed by atoms with Crippen LogP contribution < -0.4 is 5.32 Å². The van der Waals surface area contributed by atoms with E-state index in [1.807, 2.05) is 31.2 Å². The number of halogens is 6. The van der Waals surface area contributed by atoms with Crippen LogP contribution in [0.5, 0.6) is 0 Å². The predicted octanol–water partition coefficient (Wildman–Crippen LogP) is 5.38. The van der Waals surface area contributed by atoms with E-state index in [0.717, 1.165) is 11.1 Å². The van der Waals surface area contributed by atoms with Gasteiger partial charge in [-0.3, -0.25) is 4.79 Å². The highest BCUT2D eigenvalue weighted by Gasteiger charge is 2.38. The number of hydrogen-bond donors (Lipinski definition) is 1. The Kier molecular flexibility index (Phi) is 6.88. The number of nitrogens with zero attached hydrogens (tertiary/aromatic N) is 1. The van der Waals surface area contributed by atoms with E-state index < -0.39 is 29.4 Å². The van der Waals surface area contributed by atoms with E-state index in [9.17, 15) is 31.1 Å². The number of nitrogens with one attached hydrogen (secondary N) is 1. The molecule has 3 rings (SSSR count). The van der Waals surface area contributed by atoms with Crippen molar-refractivity contribution in [3.63, 3.8) is 0 Å². The van der Waals surface area contributed by atoms with Crippen LogP contribution in [0.2, 0.25) is 0 Å². The number of carbonyl (C=O) groups is 1. The summed E-state index contributed by atoms with van der Waals surface area (Å²) in [4.78, 5) is 14.4. The van der Waals surface area contributed by atoms with E-state index in [1.165, 1.54) is 11.9 Å². The minimum absolute atomic E-state index is 0.0892. The highest BCUT2D eigenvalue weighted by Crippen LogP contribution is 2.37. The molecule has 1 N–H and O–H groups in total. The van der Waals surface area contributed by atoms with Crippen LogP contribution in [0.15, 0.2) is 42.5 Å². The molecule has 2 atom stereocenters. The molecule has 1 heterocycles. The van der Waals surface area contributed by atoms with Crippen molar-refractivity contribution in [1.29, 1.82) is 0 Å². The molecule has 9 heteroatoms. The third-order valence-electron chi connectivity index (χ3n) is 5.71. The Hall–Kier alpha value is -2.55. The smallest absolute Gasteiger partial charge is 0.341 e.